The van der Waals surface area contributed by atoms with Crippen LogP contribution in [0.25, 0.3) is 0 Å². The summed E-state index contributed by atoms with van der Waals surface area (Å²) >= 11 is 0. The van der Waals surface area contributed by atoms with Crippen molar-refractivity contribution in [3.8, 4) is 11.5 Å². The highest BCUT2D eigenvalue weighted by molar-refractivity contribution is 5.99. The average Bonchev–Trinajstić information content (AvgIpc) is 3.09. The summed E-state index contributed by atoms with van der Waals surface area (Å²) in [5.41, 5.74) is -0.199. The number of hydrogen-bond acceptors (Lipinski definition) is 5. The summed E-state index contributed by atoms with van der Waals surface area (Å²) in [4.78, 5) is 25.6. The fourth-order valence-electron chi connectivity index (χ4n) is 3.24. The van der Waals surface area contributed by atoms with Crippen molar-refractivity contribution in [1.29, 1.82) is 0 Å². The molecule has 24 heavy (non-hydrogen) atoms. The third kappa shape index (κ3) is 3.60. The number of nitro groups is 1. The second-order valence-electron chi connectivity index (χ2n) is 5.74. The average molecular weight is 336 g/mol. The van der Waals surface area contributed by atoms with Crippen LogP contribution in [0.1, 0.15) is 49.9 Å². The largest absolute Gasteiger partial charge is 0.493 e. The molecule has 1 aliphatic carbocycles. The van der Waals surface area contributed by atoms with Gasteiger partial charge in [-0.1, -0.05) is 12.8 Å². The van der Waals surface area contributed by atoms with Gasteiger partial charge in [0.05, 0.1) is 24.7 Å². The van der Waals surface area contributed by atoms with Gasteiger partial charge in [-0.15, -0.1) is 0 Å². The molecular formula is C17H24N2O5. The number of methoxy groups -OCH3 is 1. The maximum Gasteiger partial charge on any atom is 0.286 e. The van der Waals surface area contributed by atoms with E-state index in [-0.39, 0.29) is 28.9 Å². The van der Waals surface area contributed by atoms with Gasteiger partial charge in [0, 0.05) is 18.7 Å². The molecule has 1 aliphatic rings. The number of nitrogens with zero attached hydrogens (tertiary/aromatic N) is 2. The molecule has 1 saturated carbocycles. The molecule has 1 fully saturated rings. The van der Waals surface area contributed by atoms with Crippen LogP contribution in [-0.4, -0.2) is 42.0 Å². The van der Waals surface area contributed by atoms with Crippen LogP contribution in [-0.2, 0) is 0 Å². The number of benzene rings is 1. The standard InChI is InChI=1S/C17H24N2O5/c1-4-18(12-8-6-7-9-12)17(20)13-10-16(24-5-2)15(23-3)11-14(13)19(21)22/h10-12H,4-9H2,1-3H3. The minimum atomic E-state index is -0.548. The Kier molecular flexibility index (Phi) is 6.00. The lowest BCUT2D eigenvalue weighted by atomic mass is 10.1. The van der Waals surface area contributed by atoms with E-state index in [1.165, 1.54) is 19.2 Å². The third-order valence-corrected chi connectivity index (χ3v) is 4.38. The molecule has 0 aliphatic heterocycles. The van der Waals surface area contributed by atoms with E-state index in [4.69, 9.17) is 9.47 Å². The van der Waals surface area contributed by atoms with Gasteiger partial charge < -0.3 is 14.4 Å². The van der Waals surface area contributed by atoms with Gasteiger partial charge in [-0.25, -0.2) is 0 Å². The lowest BCUT2D eigenvalue weighted by Gasteiger charge is -2.27. The summed E-state index contributed by atoms with van der Waals surface area (Å²) in [7, 11) is 1.42. The van der Waals surface area contributed by atoms with Crippen molar-refractivity contribution in [2.75, 3.05) is 20.3 Å². The number of hydrogen-bond donors (Lipinski definition) is 0. The van der Waals surface area contributed by atoms with Gasteiger partial charge >= 0.3 is 0 Å². The van der Waals surface area contributed by atoms with Gasteiger partial charge in [0.25, 0.3) is 11.6 Å². The Labute approximate surface area is 141 Å². The molecule has 0 radical (unpaired) electrons. The molecule has 0 bridgehead atoms. The van der Waals surface area contributed by atoms with Gasteiger partial charge in [0.15, 0.2) is 11.5 Å². The van der Waals surface area contributed by atoms with E-state index >= 15 is 0 Å². The van der Waals surface area contributed by atoms with Crippen molar-refractivity contribution in [3.63, 3.8) is 0 Å². The Morgan fingerprint density at radius 2 is 1.96 bits per heavy atom. The zero-order chi connectivity index (χ0) is 17.7. The van der Waals surface area contributed by atoms with E-state index < -0.39 is 4.92 Å². The Morgan fingerprint density at radius 3 is 2.46 bits per heavy atom. The highest BCUT2D eigenvalue weighted by atomic mass is 16.6. The van der Waals surface area contributed by atoms with Crippen LogP contribution in [0.4, 0.5) is 5.69 Å². The van der Waals surface area contributed by atoms with Gasteiger partial charge in [-0.2, -0.15) is 0 Å². The lowest BCUT2D eigenvalue weighted by molar-refractivity contribution is -0.385. The molecule has 1 aromatic carbocycles. The predicted molar refractivity (Wildman–Crippen MR) is 89.8 cm³/mol. The molecule has 0 atom stereocenters. The molecule has 0 unspecified atom stereocenters. The Bertz CT molecular complexity index is 611. The summed E-state index contributed by atoms with van der Waals surface area (Å²) in [6.45, 7) is 4.60. The number of rotatable bonds is 7. The predicted octanol–water partition coefficient (Wildman–Crippen LogP) is 3.41. The normalized spacial score (nSPS) is 14.5. The van der Waals surface area contributed by atoms with Crippen LogP contribution in [0.3, 0.4) is 0 Å². The van der Waals surface area contributed by atoms with E-state index in [9.17, 15) is 14.9 Å². The van der Waals surface area contributed by atoms with Gasteiger partial charge in [0.2, 0.25) is 0 Å². The van der Waals surface area contributed by atoms with Crippen molar-refractivity contribution in [2.24, 2.45) is 0 Å². The molecule has 0 spiro atoms. The second-order valence-corrected chi connectivity index (χ2v) is 5.74. The molecule has 7 nitrogen and oxygen atoms in total. The van der Waals surface area contributed by atoms with Gasteiger partial charge in [-0.05, 0) is 26.7 Å². The molecule has 132 valence electrons. The van der Waals surface area contributed by atoms with Crippen LogP contribution >= 0.6 is 0 Å². The van der Waals surface area contributed by atoms with E-state index in [2.05, 4.69) is 0 Å². The number of carbonyl (C=O) groups is 1. The van der Waals surface area contributed by atoms with Gasteiger partial charge in [-0.3, -0.25) is 14.9 Å². The van der Waals surface area contributed by atoms with Crippen molar-refractivity contribution in [2.45, 2.75) is 45.6 Å². The first-order valence-electron chi connectivity index (χ1n) is 8.33. The van der Waals surface area contributed by atoms with Crippen molar-refractivity contribution >= 4 is 11.6 Å². The Morgan fingerprint density at radius 1 is 1.29 bits per heavy atom. The fraction of sp³-hybridized carbons (Fsp3) is 0.588. The highest BCUT2D eigenvalue weighted by Gasteiger charge is 2.32. The maximum absolute atomic E-state index is 13.0. The van der Waals surface area contributed by atoms with Crippen LogP contribution in [0.5, 0.6) is 11.5 Å². The highest BCUT2D eigenvalue weighted by Crippen LogP contribution is 2.36. The van der Waals surface area contributed by atoms with Crippen LogP contribution in [0.2, 0.25) is 0 Å². The summed E-state index contributed by atoms with van der Waals surface area (Å²) in [5, 5.41) is 11.4. The zero-order valence-corrected chi connectivity index (χ0v) is 14.4. The molecule has 0 N–H and O–H groups in total. The van der Waals surface area contributed by atoms with Crippen LogP contribution in [0, 0.1) is 10.1 Å². The molecule has 0 heterocycles. The molecular weight excluding hydrogens is 312 g/mol. The monoisotopic (exact) mass is 336 g/mol. The maximum atomic E-state index is 13.0. The number of carbonyl (C=O) groups excluding carboxylic acids is 1. The Hall–Kier alpha value is -2.31. The zero-order valence-electron chi connectivity index (χ0n) is 14.4. The van der Waals surface area contributed by atoms with E-state index in [1.54, 1.807) is 11.8 Å². The fourth-order valence-corrected chi connectivity index (χ4v) is 3.24. The van der Waals surface area contributed by atoms with Crippen molar-refractivity contribution in [3.05, 3.63) is 27.8 Å². The SMILES string of the molecule is CCOc1cc(C(=O)N(CC)C2CCCC2)c([N+](=O)[O-])cc1OC. The topological polar surface area (TPSA) is 81.9 Å². The molecule has 7 heteroatoms. The summed E-state index contributed by atoms with van der Waals surface area (Å²) < 4.78 is 10.6. The van der Waals surface area contributed by atoms with Crippen LogP contribution in [0.15, 0.2) is 12.1 Å². The van der Waals surface area contributed by atoms with Crippen LogP contribution < -0.4 is 9.47 Å². The summed E-state index contributed by atoms with van der Waals surface area (Å²) in [6, 6.07) is 2.85. The molecule has 0 aromatic heterocycles. The van der Waals surface area contributed by atoms with Crippen molar-refractivity contribution in [1.82, 2.24) is 4.90 Å². The number of amides is 1. The number of ether oxygens (including phenoxy) is 2. The van der Waals surface area contributed by atoms with E-state index in [0.29, 0.717) is 18.9 Å². The molecule has 0 saturated heterocycles. The quantitative estimate of drug-likeness (QED) is 0.563. The Balaban J connectivity index is 2.46. The van der Waals surface area contributed by atoms with E-state index in [1.807, 2.05) is 6.92 Å². The third-order valence-electron chi connectivity index (χ3n) is 4.38. The smallest absolute Gasteiger partial charge is 0.286 e. The molecule has 2 rings (SSSR count). The summed E-state index contributed by atoms with van der Waals surface area (Å²) in [6.07, 6.45) is 4.07. The number of nitro benzene ring substituents is 1. The van der Waals surface area contributed by atoms with E-state index in [0.717, 1.165) is 25.7 Å². The first-order valence-corrected chi connectivity index (χ1v) is 8.33. The molecule has 1 aromatic rings. The first-order chi connectivity index (χ1) is 11.5. The van der Waals surface area contributed by atoms with Crippen molar-refractivity contribution < 1.29 is 19.2 Å². The van der Waals surface area contributed by atoms with Gasteiger partial charge in [0.1, 0.15) is 5.56 Å². The lowest BCUT2D eigenvalue weighted by Crippen LogP contribution is -2.38. The minimum absolute atomic E-state index is 0.0537. The summed E-state index contributed by atoms with van der Waals surface area (Å²) in [5.74, 6) is 0.278. The minimum Gasteiger partial charge on any atom is -0.493 e. The second kappa shape index (κ2) is 7.99. The first kappa shape index (κ1) is 18.0. The molecule has 1 amide bonds.